The first kappa shape index (κ1) is 10.6. The Morgan fingerprint density at radius 3 is 3.00 bits per heavy atom. The maximum atomic E-state index is 4.30. The fraction of sp³-hybridized carbons (Fsp3) is 0.615. The van der Waals surface area contributed by atoms with Crippen molar-refractivity contribution in [2.75, 3.05) is 13.1 Å². The molecular weight excluding hydrogens is 184 g/mol. The second-order valence-electron chi connectivity index (χ2n) is 4.47. The van der Waals surface area contributed by atoms with Crippen LogP contribution < -0.4 is 5.32 Å². The molecule has 15 heavy (non-hydrogen) atoms. The van der Waals surface area contributed by atoms with Crippen LogP contribution in [0.15, 0.2) is 18.5 Å². The van der Waals surface area contributed by atoms with E-state index < -0.39 is 0 Å². The van der Waals surface area contributed by atoms with Crippen molar-refractivity contribution < 1.29 is 0 Å². The molecule has 0 saturated carbocycles. The fourth-order valence-corrected chi connectivity index (χ4v) is 2.28. The average molecular weight is 204 g/mol. The second kappa shape index (κ2) is 5.26. The van der Waals surface area contributed by atoms with Gasteiger partial charge >= 0.3 is 0 Å². The minimum absolute atomic E-state index is 0.813. The number of nitrogens with zero attached hydrogens (tertiary/aromatic N) is 1. The summed E-state index contributed by atoms with van der Waals surface area (Å²) in [7, 11) is 0. The largest absolute Gasteiger partial charge is 0.316 e. The molecule has 82 valence electrons. The molecular formula is C13H20N2. The predicted octanol–water partition coefficient (Wildman–Crippen LogP) is 2.19. The topological polar surface area (TPSA) is 24.9 Å². The predicted molar refractivity (Wildman–Crippen MR) is 62.9 cm³/mol. The molecule has 1 N–H and O–H groups in total. The van der Waals surface area contributed by atoms with Crippen molar-refractivity contribution in [1.82, 2.24) is 10.3 Å². The van der Waals surface area contributed by atoms with Crippen LogP contribution in [0.1, 0.15) is 30.9 Å². The molecule has 0 radical (unpaired) electrons. The summed E-state index contributed by atoms with van der Waals surface area (Å²) >= 11 is 0. The van der Waals surface area contributed by atoms with Gasteiger partial charge < -0.3 is 5.32 Å². The lowest BCUT2D eigenvalue weighted by Crippen LogP contribution is -2.30. The SMILES string of the molecule is CCc1cncc(CC2CCCNC2)c1. The molecule has 1 aliphatic rings. The van der Waals surface area contributed by atoms with E-state index in [1.54, 1.807) is 0 Å². The quantitative estimate of drug-likeness (QED) is 0.816. The van der Waals surface area contributed by atoms with Gasteiger partial charge in [-0.05, 0) is 55.8 Å². The Labute approximate surface area is 92.1 Å². The number of aryl methyl sites for hydroxylation is 1. The molecule has 2 rings (SSSR count). The van der Waals surface area contributed by atoms with Crippen LogP contribution in [0, 0.1) is 5.92 Å². The Bertz CT molecular complexity index is 303. The van der Waals surface area contributed by atoms with E-state index in [1.165, 1.54) is 43.5 Å². The van der Waals surface area contributed by atoms with Gasteiger partial charge in [-0.2, -0.15) is 0 Å². The molecule has 1 fully saturated rings. The van der Waals surface area contributed by atoms with Gasteiger partial charge in [-0.3, -0.25) is 4.98 Å². The highest BCUT2D eigenvalue weighted by molar-refractivity contribution is 5.18. The zero-order valence-electron chi connectivity index (χ0n) is 9.50. The highest BCUT2D eigenvalue weighted by Gasteiger charge is 2.13. The number of pyridine rings is 1. The molecule has 1 atom stereocenters. The molecule has 0 spiro atoms. The molecule has 1 aliphatic heterocycles. The second-order valence-corrected chi connectivity index (χ2v) is 4.47. The van der Waals surface area contributed by atoms with Crippen molar-refractivity contribution >= 4 is 0 Å². The Hall–Kier alpha value is -0.890. The molecule has 2 heteroatoms. The van der Waals surface area contributed by atoms with Gasteiger partial charge in [-0.25, -0.2) is 0 Å². The van der Waals surface area contributed by atoms with Crippen LogP contribution in [0.5, 0.6) is 0 Å². The van der Waals surface area contributed by atoms with Crippen molar-refractivity contribution in [1.29, 1.82) is 0 Å². The molecule has 2 nitrogen and oxygen atoms in total. The van der Waals surface area contributed by atoms with Gasteiger partial charge in [0.05, 0.1) is 0 Å². The molecule has 0 amide bonds. The summed E-state index contributed by atoms with van der Waals surface area (Å²) in [4.78, 5) is 4.30. The Morgan fingerprint density at radius 1 is 1.40 bits per heavy atom. The first-order valence-corrected chi connectivity index (χ1v) is 6.02. The highest BCUT2D eigenvalue weighted by Crippen LogP contribution is 2.16. The molecule has 0 aliphatic carbocycles. The first-order chi connectivity index (χ1) is 7.38. The number of aromatic nitrogens is 1. The maximum Gasteiger partial charge on any atom is 0.0300 e. The van der Waals surface area contributed by atoms with Crippen molar-refractivity contribution in [3.63, 3.8) is 0 Å². The third-order valence-electron chi connectivity index (χ3n) is 3.18. The summed E-state index contributed by atoms with van der Waals surface area (Å²) in [6, 6.07) is 2.31. The first-order valence-electron chi connectivity index (χ1n) is 6.02. The lowest BCUT2D eigenvalue weighted by Gasteiger charge is -2.22. The van der Waals surface area contributed by atoms with E-state index in [9.17, 15) is 0 Å². The summed E-state index contributed by atoms with van der Waals surface area (Å²) in [5, 5.41) is 3.46. The van der Waals surface area contributed by atoms with E-state index in [0.29, 0.717) is 0 Å². The smallest absolute Gasteiger partial charge is 0.0300 e. The van der Waals surface area contributed by atoms with Crippen molar-refractivity contribution in [2.24, 2.45) is 5.92 Å². The van der Waals surface area contributed by atoms with E-state index in [1.807, 2.05) is 12.4 Å². The van der Waals surface area contributed by atoms with Crippen LogP contribution in [0.2, 0.25) is 0 Å². The van der Waals surface area contributed by atoms with Crippen molar-refractivity contribution in [3.8, 4) is 0 Å². The van der Waals surface area contributed by atoms with Crippen LogP contribution >= 0.6 is 0 Å². The van der Waals surface area contributed by atoms with Crippen LogP contribution in [0.4, 0.5) is 0 Å². The van der Waals surface area contributed by atoms with Gasteiger partial charge in [0.15, 0.2) is 0 Å². The van der Waals surface area contributed by atoms with Crippen LogP contribution in [0.3, 0.4) is 0 Å². The lowest BCUT2D eigenvalue weighted by molar-refractivity contribution is 0.376. The third kappa shape index (κ3) is 3.03. The minimum Gasteiger partial charge on any atom is -0.316 e. The molecule has 1 unspecified atom stereocenters. The van der Waals surface area contributed by atoms with Gasteiger partial charge in [0.2, 0.25) is 0 Å². The normalized spacial score (nSPS) is 21.5. The number of hydrogen-bond donors (Lipinski definition) is 1. The van der Waals surface area contributed by atoms with E-state index >= 15 is 0 Å². The van der Waals surface area contributed by atoms with E-state index in [0.717, 1.165) is 12.3 Å². The minimum atomic E-state index is 0.813. The maximum absolute atomic E-state index is 4.30. The summed E-state index contributed by atoms with van der Waals surface area (Å²) < 4.78 is 0. The third-order valence-corrected chi connectivity index (χ3v) is 3.18. The molecule has 1 aromatic heterocycles. The molecule has 2 heterocycles. The van der Waals surface area contributed by atoms with Crippen LogP contribution in [0.25, 0.3) is 0 Å². The average Bonchev–Trinajstić information content (AvgIpc) is 2.31. The van der Waals surface area contributed by atoms with E-state index in [4.69, 9.17) is 0 Å². The Kier molecular flexibility index (Phi) is 3.73. The van der Waals surface area contributed by atoms with Crippen LogP contribution in [-0.4, -0.2) is 18.1 Å². The summed E-state index contributed by atoms with van der Waals surface area (Å²) in [5.41, 5.74) is 2.76. The van der Waals surface area contributed by atoms with Gasteiger partial charge in [0.1, 0.15) is 0 Å². The van der Waals surface area contributed by atoms with Gasteiger partial charge in [0, 0.05) is 12.4 Å². The van der Waals surface area contributed by atoms with Gasteiger partial charge in [0.25, 0.3) is 0 Å². The number of piperidine rings is 1. The van der Waals surface area contributed by atoms with Crippen LogP contribution in [-0.2, 0) is 12.8 Å². The zero-order valence-corrected chi connectivity index (χ0v) is 9.50. The zero-order chi connectivity index (χ0) is 10.5. The highest BCUT2D eigenvalue weighted by atomic mass is 14.9. The number of hydrogen-bond acceptors (Lipinski definition) is 2. The monoisotopic (exact) mass is 204 g/mol. The van der Waals surface area contributed by atoms with E-state index in [2.05, 4.69) is 23.3 Å². The summed E-state index contributed by atoms with van der Waals surface area (Å²) in [6.07, 6.45) is 8.96. The lowest BCUT2D eigenvalue weighted by atomic mass is 9.92. The Morgan fingerprint density at radius 2 is 2.27 bits per heavy atom. The van der Waals surface area contributed by atoms with Gasteiger partial charge in [-0.1, -0.05) is 13.0 Å². The van der Waals surface area contributed by atoms with Crippen molar-refractivity contribution in [2.45, 2.75) is 32.6 Å². The van der Waals surface area contributed by atoms with Crippen molar-refractivity contribution in [3.05, 3.63) is 29.6 Å². The molecule has 0 bridgehead atoms. The molecule has 1 saturated heterocycles. The number of rotatable bonds is 3. The molecule has 0 aromatic carbocycles. The number of nitrogens with one attached hydrogen (secondary N) is 1. The van der Waals surface area contributed by atoms with E-state index in [-0.39, 0.29) is 0 Å². The fourth-order valence-electron chi connectivity index (χ4n) is 2.28. The summed E-state index contributed by atoms with van der Waals surface area (Å²) in [6.45, 7) is 4.56. The Balaban J connectivity index is 1.96. The standard InChI is InChI=1S/C13H20N2/c1-2-11-6-13(10-15-8-11)7-12-4-3-5-14-9-12/h6,8,10,12,14H,2-5,7,9H2,1H3. The molecule has 1 aromatic rings. The summed E-state index contributed by atoms with van der Waals surface area (Å²) in [5.74, 6) is 0.813. The van der Waals surface area contributed by atoms with Gasteiger partial charge in [-0.15, -0.1) is 0 Å².